The maximum atomic E-state index is 13.4. The minimum absolute atomic E-state index is 0.123. The zero-order chi connectivity index (χ0) is 24.7. The molecule has 10 heteroatoms. The van der Waals surface area contributed by atoms with E-state index in [1.54, 1.807) is 24.5 Å². The molecule has 1 amide bonds. The molecule has 0 bridgehead atoms. The average molecular weight is 508 g/mol. The molecule has 0 spiro atoms. The van der Waals surface area contributed by atoms with Gasteiger partial charge in [-0.05, 0) is 29.8 Å². The Labute approximate surface area is 209 Å². The van der Waals surface area contributed by atoms with Gasteiger partial charge in [0.2, 0.25) is 0 Å². The normalized spacial score (nSPS) is 17.2. The van der Waals surface area contributed by atoms with Crippen molar-refractivity contribution in [2.75, 3.05) is 19.1 Å². The van der Waals surface area contributed by atoms with E-state index in [0.717, 1.165) is 4.70 Å². The minimum Gasteiger partial charge on any atom is -0.507 e. The molecule has 4 aromatic rings. The van der Waals surface area contributed by atoms with Crippen molar-refractivity contribution < 1.29 is 24.2 Å². The fraction of sp³-hybridized carbons (Fsp3) is 0.120. The lowest BCUT2D eigenvalue weighted by Crippen LogP contribution is -2.29. The summed E-state index contributed by atoms with van der Waals surface area (Å²) in [5.74, 6) is -1.54. The van der Waals surface area contributed by atoms with Crippen molar-refractivity contribution in [1.29, 1.82) is 0 Å². The lowest BCUT2D eigenvalue weighted by atomic mass is 9.96. The number of aromatic nitrogens is 2. The number of pyridine rings is 1. The molecule has 1 fully saturated rings. The van der Waals surface area contributed by atoms with Crippen LogP contribution in [0.5, 0.6) is 11.5 Å². The highest BCUT2D eigenvalue weighted by Crippen LogP contribution is 2.46. The molecule has 1 aliphatic rings. The number of benzene rings is 2. The SMILES string of the molecule is COc1cc(OC)c(/C(O)=C2\C(=O)C(=O)N(c3nc4ccccc4s3)C2c2cccnc2)cc1Cl. The number of rotatable bonds is 5. The van der Waals surface area contributed by atoms with Crippen LogP contribution < -0.4 is 14.4 Å². The summed E-state index contributed by atoms with van der Waals surface area (Å²) >= 11 is 7.58. The second-order valence-electron chi connectivity index (χ2n) is 7.61. The number of aliphatic hydroxyl groups excluding tert-OH is 1. The Kier molecular flexibility index (Phi) is 5.88. The van der Waals surface area contributed by atoms with E-state index in [0.29, 0.717) is 22.0 Å². The second kappa shape index (κ2) is 9.01. The van der Waals surface area contributed by atoms with Gasteiger partial charge in [0.05, 0.1) is 46.6 Å². The summed E-state index contributed by atoms with van der Waals surface area (Å²) in [6.45, 7) is 0. The van der Waals surface area contributed by atoms with Crippen molar-refractivity contribution >= 4 is 55.7 Å². The Bertz CT molecular complexity index is 1470. The third kappa shape index (κ3) is 3.78. The van der Waals surface area contributed by atoms with E-state index < -0.39 is 23.5 Å². The van der Waals surface area contributed by atoms with Crippen molar-refractivity contribution in [3.63, 3.8) is 0 Å². The zero-order valence-corrected chi connectivity index (χ0v) is 20.1. The van der Waals surface area contributed by atoms with Crippen molar-refractivity contribution in [3.05, 3.63) is 82.6 Å². The number of ether oxygens (including phenoxy) is 2. The third-order valence-corrected chi connectivity index (χ3v) is 6.99. The molecule has 0 saturated carbocycles. The summed E-state index contributed by atoms with van der Waals surface area (Å²) in [5.41, 5.74) is 1.25. The number of aliphatic hydroxyl groups is 1. The van der Waals surface area contributed by atoms with Gasteiger partial charge in [0.15, 0.2) is 5.13 Å². The van der Waals surface area contributed by atoms with Crippen LogP contribution in [0, 0.1) is 0 Å². The number of halogens is 1. The first-order valence-corrected chi connectivity index (χ1v) is 11.6. The van der Waals surface area contributed by atoms with Crippen molar-refractivity contribution in [2.24, 2.45) is 0 Å². The van der Waals surface area contributed by atoms with E-state index in [2.05, 4.69) is 9.97 Å². The summed E-state index contributed by atoms with van der Waals surface area (Å²) in [6, 6.07) is 12.8. The van der Waals surface area contributed by atoms with Crippen LogP contribution in [0.3, 0.4) is 0 Å². The predicted molar refractivity (Wildman–Crippen MR) is 133 cm³/mol. The highest BCUT2D eigenvalue weighted by atomic mass is 35.5. The molecule has 0 aliphatic carbocycles. The number of methoxy groups -OCH3 is 2. The molecule has 176 valence electrons. The van der Waals surface area contributed by atoms with E-state index >= 15 is 0 Å². The van der Waals surface area contributed by atoms with Gasteiger partial charge < -0.3 is 14.6 Å². The van der Waals surface area contributed by atoms with E-state index in [4.69, 9.17) is 21.1 Å². The Balaban J connectivity index is 1.75. The number of ketones is 1. The predicted octanol–water partition coefficient (Wildman–Crippen LogP) is 4.99. The molecule has 2 aromatic carbocycles. The smallest absolute Gasteiger partial charge is 0.301 e. The van der Waals surface area contributed by atoms with Gasteiger partial charge in [-0.25, -0.2) is 4.98 Å². The van der Waals surface area contributed by atoms with E-state index in [-0.39, 0.29) is 21.9 Å². The maximum Gasteiger partial charge on any atom is 0.301 e. The number of hydrogen-bond donors (Lipinski definition) is 1. The largest absolute Gasteiger partial charge is 0.507 e. The van der Waals surface area contributed by atoms with Crippen LogP contribution in [0.25, 0.3) is 16.0 Å². The number of nitrogens with zero attached hydrogens (tertiary/aromatic N) is 3. The molecule has 1 aliphatic heterocycles. The van der Waals surface area contributed by atoms with Gasteiger partial charge in [0, 0.05) is 18.5 Å². The average Bonchev–Trinajstić information content (AvgIpc) is 3.42. The molecular weight excluding hydrogens is 490 g/mol. The van der Waals surface area contributed by atoms with Crippen LogP contribution in [0.1, 0.15) is 17.2 Å². The Morgan fingerprint density at radius 1 is 1.09 bits per heavy atom. The van der Waals surface area contributed by atoms with Crippen molar-refractivity contribution in [3.8, 4) is 11.5 Å². The molecule has 3 heterocycles. The van der Waals surface area contributed by atoms with Gasteiger partial charge in [-0.3, -0.25) is 19.5 Å². The number of amides is 1. The van der Waals surface area contributed by atoms with Gasteiger partial charge in [0.1, 0.15) is 17.3 Å². The molecule has 1 N–H and O–H groups in total. The first kappa shape index (κ1) is 22.8. The molecule has 1 atom stereocenters. The number of hydrogen-bond acceptors (Lipinski definition) is 8. The third-order valence-electron chi connectivity index (χ3n) is 5.66. The van der Waals surface area contributed by atoms with Gasteiger partial charge >= 0.3 is 5.91 Å². The first-order valence-electron chi connectivity index (χ1n) is 10.4. The van der Waals surface area contributed by atoms with Gasteiger partial charge in [0.25, 0.3) is 5.78 Å². The number of thiazole rings is 1. The van der Waals surface area contributed by atoms with E-state index in [9.17, 15) is 14.7 Å². The minimum atomic E-state index is -0.963. The molecule has 1 unspecified atom stereocenters. The number of fused-ring (bicyclic) bond motifs is 1. The summed E-state index contributed by atoms with van der Waals surface area (Å²) in [7, 11) is 2.86. The maximum absolute atomic E-state index is 13.4. The quantitative estimate of drug-likeness (QED) is 0.231. The van der Waals surface area contributed by atoms with E-state index in [1.807, 2.05) is 24.3 Å². The highest BCUT2D eigenvalue weighted by molar-refractivity contribution is 7.22. The number of Topliss-reactive ketones (excluding diaryl/α,β-unsaturated/α-hetero) is 1. The van der Waals surface area contributed by atoms with Crippen LogP contribution in [-0.4, -0.2) is 41.0 Å². The molecule has 2 aromatic heterocycles. The summed E-state index contributed by atoms with van der Waals surface area (Å²) < 4.78 is 11.5. The second-order valence-corrected chi connectivity index (χ2v) is 9.02. The highest BCUT2D eigenvalue weighted by Gasteiger charge is 2.48. The fourth-order valence-corrected chi connectivity index (χ4v) is 5.27. The fourth-order valence-electron chi connectivity index (χ4n) is 4.04. The van der Waals surface area contributed by atoms with Gasteiger partial charge in [-0.2, -0.15) is 0 Å². The van der Waals surface area contributed by atoms with Gasteiger partial charge in [-0.15, -0.1) is 0 Å². The van der Waals surface area contributed by atoms with Crippen molar-refractivity contribution in [1.82, 2.24) is 9.97 Å². The lowest BCUT2D eigenvalue weighted by Gasteiger charge is -2.22. The Morgan fingerprint density at radius 2 is 1.86 bits per heavy atom. The van der Waals surface area contributed by atoms with Crippen LogP contribution in [0.2, 0.25) is 5.02 Å². The van der Waals surface area contributed by atoms with Crippen LogP contribution >= 0.6 is 22.9 Å². The Hall–Kier alpha value is -3.95. The van der Waals surface area contributed by atoms with Crippen molar-refractivity contribution in [2.45, 2.75) is 6.04 Å². The van der Waals surface area contributed by atoms with Crippen LogP contribution in [-0.2, 0) is 9.59 Å². The first-order chi connectivity index (χ1) is 16.9. The lowest BCUT2D eigenvalue weighted by molar-refractivity contribution is -0.132. The summed E-state index contributed by atoms with van der Waals surface area (Å²) in [5, 5.41) is 11.9. The summed E-state index contributed by atoms with van der Waals surface area (Å²) in [4.78, 5) is 36.7. The van der Waals surface area contributed by atoms with Gasteiger partial charge in [-0.1, -0.05) is 41.1 Å². The van der Waals surface area contributed by atoms with E-state index in [1.165, 1.54) is 42.6 Å². The zero-order valence-electron chi connectivity index (χ0n) is 18.6. The number of anilines is 1. The molecule has 1 saturated heterocycles. The number of carbonyl (C=O) groups is 2. The molecule has 0 radical (unpaired) electrons. The molecule has 5 rings (SSSR count). The number of carbonyl (C=O) groups excluding carboxylic acids is 2. The molecule has 8 nitrogen and oxygen atoms in total. The van der Waals surface area contributed by atoms with Crippen LogP contribution in [0.4, 0.5) is 5.13 Å². The van der Waals surface area contributed by atoms with Crippen LogP contribution in [0.15, 0.2) is 66.5 Å². The summed E-state index contributed by atoms with van der Waals surface area (Å²) in [6.07, 6.45) is 3.13. The molecular formula is C25H18ClN3O5S. The number of para-hydroxylation sites is 1. The molecule has 35 heavy (non-hydrogen) atoms. The topological polar surface area (TPSA) is 102 Å². The Morgan fingerprint density at radius 3 is 2.54 bits per heavy atom. The monoisotopic (exact) mass is 507 g/mol. The standard InChI is InChI=1S/C25H18ClN3O5S/c1-33-17-11-18(34-2)15(26)10-14(17)22(30)20-21(13-6-5-9-27-12-13)29(24(32)23(20)31)25-28-16-7-3-4-8-19(16)35-25/h3-12,21,30H,1-2H3/b22-20+.